The van der Waals surface area contributed by atoms with E-state index < -0.39 is 0 Å². The van der Waals surface area contributed by atoms with Gasteiger partial charge in [0.1, 0.15) is 5.82 Å². The van der Waals surface area contributed by atoms with E-state index in [1.165, 1.54) is 0 Å². The molecule has 5 nitrogen and oxygen atoms in total. The summed E-state index contributed by atoms with van der Waals surface area (Å²) in [5.41, 5.74) is 3.28. The van der Waals surface area contributed by atoms with E-state index in [4.69, 9.17) is 4.98 Å². The van der Waals surface area contributed by atoms with Crippen LogP contribution in [0.25, 0.3) is 10.9 Å². The van der Waals surface area contributed by atoms with Crippen molar-refractivity contribution in [2.45, 2.75) is 52.5 Å². The van der Waals surface area contributed by atoms with Crippen molar-refractivity contribution >= 4 is 22.5 Å². The highest BCUT2D eigenvalue weighted by atomic mass is 16.2. The van der Waals surface area contributed by atoms with Crippen LogP contribution in [-0.4, -0.2) is 22.0 Å². The van der Waals surface area contributed by atoms with Crippen molar-refractivity contribution in [1.82, 2.24) is 9.55 Å². The minimum atomic E-state index is -0.0628. The van der Waals surface area contributed by atoms with E-state index in [1.54, 1.807) is 23.1 Å². The fourth-order valence-corrected chi connectivity index (χ4v) is 4.20. The van der Waals surface area contributed by atoms with Crippen molar-refractivity contribution in [2.75, 3.05) is 11.4 Å². The first kappa shape index (κ1) is 19.4. The number of amides is 1. The second-order valence-corrected chi connectivity index (χ2v) is 7.56. The Morgan fingerprint density at radius 1 is 1.10 bits per heavy atom. The first-order valence-corrected chi connectivity index (χ1v) is 10.6. The second kappa shape index (κ2) is 8.19. The minimum absolute atomic E-state index is 0.00887. The number of rotatable bonds is 4. The van der Waals surface area contributed by atoms with Crippen LogP contribution in [0.15, 0.2) is 47.3 Å². The molecule has 0 unspecified atom stereocenters. The molecule has 0 fully saturated rings. The number of anilines is 1. The molecule has 5 heteroatoms. The van der Waals surface area contributed by atoms with Crippen LogP contribution < -0.4 is 10.5 Å². The molecular weight excluding hydrogens is 362 g/mol. The molecule has 0 radical (unpaired) electrons. The summed E-state index contributed by atoms with van der Waals surface area (Å²) in [6.07, 6.45) is 4.86. The Kier molecular flexibility index (Phi) is 5.47. The zero-order chi connectivity index (χ0) is 20.4. The van der Waals surface area contributed by atoms with Crippen LogP contribution in [-0.2, 0) is 19.4 Å². The quantitative estimate of drug-likeness (QED) is 0.666. The predicted octanol–water partition coefficient (Wildman–Crippen LogP) is 4.35. The van der Waals surface area contributed by atoms with Gasteiger partial charge in [0.05, 0.1) is 10.9 Å². The molecule has 1 aromatic heterocycles. The maximum Gasteiger partial charge on any atom is 0.261 e. The Morgan fingerprint density at radius 3 is 2.72 bits per heavy atom. The van der Waals surface area contributed by atoms with Crippen molar-refractivity contribution < 1.29 is 4.79 Å². The van der Waals surface area contributed by atoms with Gasteiger partial charge in [0.15, 0.2) is 0 Å². The molecule has 1 aliphatic heterocycles. The Morgan fingerprint density at radius 2 is 1.93 bits per heavy atom. The Balaban J connectivity index is 1.77. The molecule has 0 N–H and O–H groups in total. The van der Waals surface area contributed by atoms with Crippen molar-refractivity contribution in [3.63, 3.8) is 0 Å². The first-order chi connectivity index (χ1) is 14.1. The predicted molar refractivity (Wildman–Crippen MR) is 117 cm³/mol. The van der Waals surface area contributed by atoms with Gasteiger partial charge >= 0.3 is 0 Å². The third kappa shape index (κ3) is 3.57. The third-order valence-electron chi connectivity index (χ3n) is 5.79. The molecule has 0 spiro atoms. The van der Waals surface area contributed by atoms with Crippen LogP contribution in [0.4, 0.5) is 5.69 Å². The lowest BCUT2D eigenvalue weighted by molar-refractivity contribution is 0.0988. The largest absolute Gasteiger partial charge is 0.308 e. The van der Waals surface area contributed by atoms with Crippen LogP contribution in [0.2, 0.25) is 0 Å². The van der Waals surface area contributed by atoms with Gasteiger partial charge in [-0.05, 0) is 56.0 Å². The molecule has 0 saturated heterocycles. The fraction of sp³-hybridized carbons (Fsp3) is 0.375. The summed E-state index contributed by atoms with van der Waals surface area (Å²) in [5.74, 6) is 0.778. The van der Waals surface area contributed by atoms with E-state index in [0.29, 0.717) is 23.0 Å². The van der Waals surface area contributed by atoms with Crippen LogP contribution in [0, 0.1) is 0 Å². The SMILES string of the molecule is CCc1ccccc1N(CC)C(=O)c1ccc2c(=O)n3c(nc2c1)CCCCC3. The molecule has 2 heterocycles. The number of aryl methyl sites for hydroxylation is 2. The van der Waals surface area contributed by atoms with Gasteiger partial charge in [0, 0.05) is 30.8 Å². The van der Waals surface area contributed by atoms with Gasteiger partial charge < -0.3 is 4.90 Å². The van der Waals surface area contributed by atoms with E-state index in [9.17, 15) is 9.59 Å². The lowest BCUT2D eigenvalue weighted by Gasteiger charge is -2.24. The smallest absolute Gasteiger partial charge is 0.261 e. The summed E-state index contributed by atoms with van der Waals surface area (Å²) in [5, 5.41) is 0.587. The number of fused-ring (bicyclic) bond motifs is 2. The maximum atomic E-state index is 13.3. The number of aromatic nitrogens is 2. The topological polar surface area (TPSA) is 55.2 Å². The zero-order valence-corrected chi connectivity index (χ0v) is 17.1. The number of carbonyl (C=O) groups is 1. The average Bonchev–Trinajstić information content (AvgIpc) is 3.00. The van der Waals surface area contributed by atoms with Crippen molar-refractivity contribution in [1.29, 1.82) is 0 Å². The number of benzene rings is 2. The van der Waals surface area contributed by atoms with Crippen LogP contribution in [0.5, 0.6) is 0 Å². The molecule has 0 atom stereocenters. The molecule has 2 aromatic carbocycles. The maximum absolute atomic E-state index is 13.3. The number of hydrogen-bond donors (Lipinski definition) is 0. The number of carbonyl (C=O) groups excluding carboxylic acids is 1. The monoisotopic (exact) mass is 389 g/mol. The highest BCUT2D eigenvalue weighted by Crippen LogP contribution is 2.24. The van der Waals surface area contributed by atoms with Gasteiger partial charge in [0.2, 0.25) is 0 Å². The van der Waals surface area contributed by atoms with Gasteiger partial charge in [0.25, 0.3) is 11.5 Å². The lowest BCUT2D eigenvalue weighted by atomic mass is 10.1. The lowest BCUT2D eigenvalue weighted by Crippen LogP contribution is -2.31. The van der Waals surface area contributed by atoms with E-state index in [2.05, 4.69) is 13.0 Å². The number of hydrogen-bond acceptors (Lipinski definition) is 3. The molecule has 0 saturated carbocycles. The van der Waals surface area contributed by atoms with Gasteiger partial charge in [-0.3, -0.25) is 14.2 Å². The summed E-state index contributed by atoms with van der Waals surface area (Å²) in [6, 6.07) is 13.3. The molecule has 4 rings (SSSR count). The molecule has 1 aliphatic rings. The van der Waals surface area contributed by atoms with E-state index in [-0.39, 0.29) is 11.5 Å². The van der Waals surface area contributed by atoms with Crippen LogP contribution in [0.3, 0.4) is 0 Å². The van der Waals surface area contributed by atoms with Gasteiger partial charge in [-0.15, -0.1) is 0 Å². The molecular formula is C24H27N3O2. The minimum Gasteiger partial charge on any atom is -0.308 e. The van der Waals surface area contributed by atoms with E-state index in [0.717, 1.165) is 55.7 Å². The molecule has 150 valence electrons. The van der Waals surface area contributed by atoms with Crippen molar-refractivity contribution in [2.24, 2.45) is 0 Å². The second-order valence-electron chi connectivity index (χ2n) is 7.56. The Labute approximate surface area is 171 Å². The summed E-state index contributed by atoms with van der Waals surface area (Å²) in [7, 11) is 0. The summed E-state index contributed by atoms with van der Waals surface area (Å²) < 4.78 is 1.81. The first-order valence-electron chi connectivity index (χ1n) is 10.6. The zero-order valence-electron chi connectivity index (χ0n) is 17.1. The molecule has 1 amide bonds. The number of nitrogens with zero attached hydrogens (tertiary/aromatic N) is 3. The highest BCUT2D eigenvalue weighted by Gasteiger charge is 2.20. The number of para-hydroxylation sites is 1. The summed E-state index contributed by atoms with van der Waals surface area (Å²) >= 11 is 0. The van der Waals surface area contributed by atoms with E-state index >= 15 is 0 Å². The van der Waals surface area contributed by atoms with Crippen LogP contribution in [0.1, 0.15) is 54.9 Å². The Bertz CT molecular complexity index is 1120. The third-order valence-corrected chi connectivity index (χ3v) is 5.79. The summed E-state index contributed by atoms with van der Waals surface area (Å²) in [6.45, 7) is 5.38. The van der Waals surface area contributed by atoms with Crippen molar-refractivity contribution in [3.05, 3.63) is 69.8 Å². The molecule has 0 bridgehead atoms. The van der Waals surface area contributed by atoms with E-state index in [1.807, 2.05) is 29.7 Å². The van der Waals surface area contributed by atoms with Gasteiger partial charge in [-0.2, -0.15) is 0 Å². The van der Waals surface area contributed by atoms with Crippen LogP contribution >= 0.6 is 0 Å². The molecule has 0 aliphatic carbocycles. The standard InChI is InChI=1S/C24H27N3O2/c1-3-17-10-7-8-11-21(17)26(4-2)23(28)18-13-14-19-20(16-18)25-22-12-6-5-9-15-27(22)24(19)29/h7-8,10-11,13-14,16H,3-6,9,12,15H2,1-2H3. The average molecular weight is 389 g/mol. The normalized spacial score (nSPS) is 13.7. The fourth-order valence-electron chi connectivity index (χ4n) is 4.20. The highest BCUT2D eigenvalue weighted by molar-refractivity contribution is 6.08. The Hall–Kier alpha value is -2.95. The molecule has 3 aromatic rings. The van der Waals surface area contributed by atoms with Crippen molar-refractivity contribution in [3.8, 4) is 0 Å². The van der Waals surface area contributed by atoms with Gasteiger partial charge in [-0.25, -0.2) is 4.98 Å². The summed E-state index contributed by atoms with van der Waals surface area (Å²) in [4.78, 5) is 32.8. The van der Waals surface area contributed by atoms with Gasteiger partial charge in [-0.1, -0.05) is 31.5 Å². The molecule has 29 heavy (non-hydrogen) atoms.